The highest BCUT2D eigenvalue weighted by Gasteiger charge is 2.29. The summed E-state index contributed by atoms with van der Waals surface area (Å²) in [6.07, 6.45) is 6.47. The second-order valence-electron chi connectivity index (χ2n) is 6.51. The molecule has 0 aromatic carbocycles. The Bertz CT molecular complexity index is 768. The third-order valence-electron chi connectivity index (χ3n) is 4.62. The number of hydrogen-bond acceptors (Lipinski definition) is 7. The molecule has 26 heavy (non-hydrogen) atoms. The Labute approximate surface area is 152 Å². The molecule has 0 unspecified atom stereocenters. The van der Waals surface area contributed by atoms with Crippen LogP contribution in [0.4, 0.5) is 0 Å². The number of rotatable bonds is 6. The number of nitrogens with zero attached hydrogens (tertiary/aromatic N) is 2. The Morgan fingerprint density at radius 3 is 3.00 bits per heavy atom. The maximum absolute atomic E-state index is 9.66. The first kappa shape index (κ1) is 18.7. The van der Waals surface area contributed by atoms with Gasteiger partial charge in [-0.25, -0.2) is 4.98 Å². The number of nitrogens with two attached hydrogens (primary N) is 1. The predicted molar refractivity (Wildman–Crippen MR) is 98.7 cm³/mol. The van der Waals surface area contributed by atoms with Crippen molar-refractivity contribution in [3.8, 4) is 5.88 Å². The average molecular weight is 359 g/mol. The molecule has 0 spiro atoms. The third kappa shape index (κ3) is 4.37. The van der Waals surface area contributed by atoms with Gasteiger partial charge in [-0.15, -0.1) is 0 Å². The Hall–Kier alpha value is -2.06. The molecular weight excluding hydrogens is 334 g/mol. The zero-order valence-corrected chi connectivity index (χ0v) is 14.8. The van der Waals surface area contributed by atoms with Gasteiger partial charge in [-0.05, 0) is 25.0 Å². The number of aliphatic hydroxyl groups excluding tert-OH is 2. The van der Waals surface area contributed by atoms with Crippen molar-refractivity contribution in [2.45, 2.75) is 43.6 Å². The molecule has 0 radical (unpaired) electrons. The topological polar surface area (TPSA) is 111 Å². The standard InChI is InChI=1S/C19H25N3O4/c1-25-18-7-6-16-19(22-18)12(8-9-21-16)2-3-14-4-5-15(20)17(26-14)10-13(24)11-23/h2-3,6-9,13-15,17,23-24H,4-5,10-11,20H2,1H3/b3-2+/t13-,14+,15+,17+/m0/s1. The fraction of sp³-hybridized carbons (Fsp3) is 0.474. The Kier molecular flexibility index (Phi) is 6.16. The molecule has 3 heterocycles. The lowest BCUT2D eigenvalue weighted by molar-refractivity contribution is -0.0648. The lowest BCUT2D eigenvalue weighted by atomic mass is 9.95. The van der Waals surface area contributed by atoms with E-state index in [2.05, 4.69) is 9.97 Å². The normalized spacial score (nSPS) is 24.8. The summed E-state index contributed by atoms with van der Waals surface area (Å²) in [5.41, 5.74) is 8.58. The van der Waals surface area contributed by atoms with Crippen LogP contribution in [0, 0.1) is 0 Å². The monoisotopic (exact) mass is 359 g/mol. The highest BCUT2D eigenvalue weighted by molar-refractivity contribution is 5.84. The third-order valence-corrected chi connectivity index (χ3v) is 4.62. The average Bonchev–Trinajstić information content (AvgIpc) is 2.67. The van der Waals surface area contributed by atoms with Gasteiger partial charge in [0, 0.05) is 30.3 Å². The van der Waals surface area contributed by atoms with Crippen molar-refractivity contribution in [2.75, 3.05) is 13.7 Å². The maximum atomic E-state index is 9.66. The van der Waals surface area contributed by atoms with Crippen LogP contribution in [0.15, 0.2) is 30.5 Å². The van der Waals surface area contributed by atoms with Gasteiger partial charge in [0.15, 0.2) is 0 Å². The molecule has 1 aliphatic heterocycles. The fourth-order valence-electron chi connectivity index (χ4n) is 3.14. The molecule has 2 aromatic rings. The van der Waals surface area contributed by atoms with Crippen molar-refractivity contribution in [3.05, 3.63) is 36.0 Å². The van der Waals surface area contributed by atoms with E-state index in [0.717, 1.165) is 29.4 Å². The van der Waals surface area contributed by atoms with Crippen molar-refractivity contribution in [3.63, 3.8) is 0 Å². The summed E-state index contributed by atoms with van der Waals surface area (Å²) < 4.78 is 11.2. The van der Waals surface area contributed by atoms with E-state index in [1.807, 2.05) is 24.3 Å². The van der Waals surface area contributed by atoms with Crippen LogP contribution in [0.25, 0.3) is 17.1 Å². The number of aliphatic hydroxyl groups is 2. The first-order valence-corrected chi connectivity index (χ1v) is 8.78. The van der Waals surface area contributed by atoms with Crippen molar-refractivity contribution in [1.82, 2.24) is 9.97 Å². The van der Waals surface area contributed by atoms with Crippen molar-refractivity contribution in [1.29, 1.82) is 0 Å². The van der Waals surface area contributed by atoms with Gasteiger partial charge in [0.05, 0.1) is 43.1 Å². The van der Waals surface area contributed by atoms with Crippen LogP contribution in [-0.2, 0) is 4.74 Å². The van der Waals surface area contributed by atoms with Crippen LogP contribution < -0.4 is 10.5 Å². The van der Waals surface area contributed by atoms with E-state index >= 15 is 0 Å². The molecule has 1 fully saturated rings. The van der Waals surface area contributed by atoms with Gasteiger partial charge < -0.3 is 25.4 Å². The van der Waals surface area contributed by atoms with Crippen molar-refractivity contribution in [2.24, 2.45) is 5.73 Å². The van der Waals surface area contributed by atoms with Gasteiger partial charge in [-0.3, -0.25) is 4.98 Å². The van der Waals surface area contributed by atoms with E-state index in [1.165, 1.54) is 0 Å². The number of methoxy groups -OCH3 is 1. The molecule has 2 aromatic heterocycles. The SMILES string of the molecule is COc1ccc2nccc(/C=C/[C@@H]3CC[C@@H](N)[C@@H](C[C@H](O)CO)O3)c2n1. The maximum Gasteiger partial charge on any atom is 0.213 e. The van der Waals surface area contributed by atoms with Crippen LogP contribution in [0.3, 0.4) is 0 Å². The first-order chi connectivity index (χ1) is 12.6. The molecule has 140 valence electrons. The van der Waals surface area contributed by atoms with Gasteiger partial charge in [-0.2, -0.15) is 0 Å². The highest BCUT2D eigenvalue weighted by atomic mass is 16.5. The lowest BCUT2D eigenvalue weighted by Gasteiger charge is -2.34. The summed E-state index contributed by atoms with van der Waals surface area (Å²) >= 11 is 0. The van der Waals surface area contributed by atoms with E-state index in [-0.39, 0.29) is 24.9 Å². The first-order valence-electron chi connectivity index (χ1n) is 8.78. The number of pyridine rings is 2. The molecule has 1 aliphatic rings. The Balaban J connectivity index is 1.76. The van der Waals surface area contributed by atoms with E-state index < -0.39 is 6.10 Å². The molecule has 0 bridgehead atoms. The summed E-state index contributed by atoms with van der Waals surface area (Å²) in [5, 5.41) is 18.7. The predicted octanol–water partition coefficient (Wildman–Crippen LogP) is 1.27. The van der Waals surface area contributed by atoms with Crippen LogP contribution in [-0.4, -0.2) is 58.3 Å². The summed E-state index contributed by atoms with van der Waals surface area (Å²) in [7, 11) is 1.58. The quantitative estimate of drug-likeness (QED) is 0.712. The summed E-state index contributed by atoms with van der Waals surface area (Å²) in [6, 6.07) is 5.42. The number of ether oxygens (including phenoxy) is 2. The smallest absolute Gasteiger partial charge is 0.213 e. The zero-order valence-electron chi connectivity index (χ0n) is 14.8. The van der Waals surface area contributed by atoms with Gasteiger partial charge in [-0.1, -0.05) is 12.2 Å². The summed E-state index contributed by atoms with van der Waals surface area (Å²) in [5.74, 6) is 0.540. The number of fused-ring (bicyclic) bond motifs is 1. The van der Waals surface area contributed by atoms with E-state index in [0.29, 0.717) is 12.3 Å². The van der Waals surface area contributed by atoms with E-state index in [9.17, 15) is 5.11 Å². The number of hydrogen-bond donors (Lipinski definition) is 3. The molecule has 0 saturated carbocycles. The van der Waals surface area contributed by atoms with E-state index in [1.54, 1.807) is 19.4 Å². The van der Waals surface area contributed by atoms with E-state index in [4.69, 9.17) is 20.3 Å². The minimum Gasteiger partial charge on any atom is -0.481 e. The molecule has 7 nitrogen and oxygen atoms in total. The molecule has 0 aliphatic carbocycles. The summed E-state index contributed by atoms with van der Waals surface area (Å²) in [6.45, 7) is -0.288. The van der Waals surface area contributed by atoms with Crippen LogP contribution >= 0.6 is 0 Å². The Morgan fingerprint density at radius 1 is 1.38 bits per heavy atom. The minimum absolute atomic E-state index is 0.0977. The summed E-state index contributed by atoms with van der Waals surface area (Å²) in [4.78, 5) is 8.80. The minimum atomic E-state index is -0.811. The fourth-order valence-corrected chi connectivity index (χ4v) is 3.14. The molecule has 7 heteroatoms. The molecule has 3 rings (SSSR count). The van der Waals surface area contributed by atoms with Gasteiger partial charge >= 0.3 is 0 Å². The van der Waals surface area contributed by atoms with Gasteiger partial charge in [0.2, 0.25) is 5.88 Å². The van der Waals surface area contributed by atoms with Crippen LogP contribution in [0.2, 0.25) is 0 Å². The molecule has 1 saturated heterocycles. The van der Waals surface area contributed by atoms with Crippen LogP contribution in [0.1, 0.15) is 24.8 Å². The largest absolute Gasteiger partial charge is 0.481 e. The molecule has 0 amide bonds. The number of aromatic nitrogens is 2. The van der Waals surface area contributed by atoms with Gasteiger partial charge in [0.25, 0.3) is 0 Å². The second kappa shape index (κ2) is 8.55. The highest BCUT2D eigenvalue weighted by Crippen LogP contribution is 2.24. The molecular formula is C19H25N3O4. The van der Waals surface area contributed by atoms with Crippen LogP contribution in [0.5, 0.6) is 5.88 Å². The second-order valence-corrected chi connectivity index (χ2v) is 6.51. The lowest BCUT2D eigenvalue weighted by Crippen LogP contribution is -2.45. The van der Waals surface area contributed by atoms with Gasteiger partial charge in [0.1, 0.15) is 0 Å². The van der Waals surface area contributed by atoms with Crippen molar-refractivity contribution < 1.29 is 19.7 Å². The van der Waals surface area contributed by atoms with Crippen molar-refractivity contribution >= 4 is 17.1 Å². The molecule has 4 atom stereocenters. The Morgan fingerprint density at radius 2 is 2.23 bits per heavy atom. The zero-order chi connectivity index (χ0) is 18.5. The molecule has 4 N–H and O–H groups in total.